The van der Waals surface area contributed by atoms with E-state index >= 15 is 0 Å². The number of carbonyl (C=O) groups excluding carboxylic acids is 1. The van der Waals surface area contributed by atoms with E-state index in [9.17, 15) is 4.79 Å². The molecule has 1 aromatic carbocycles. The van der Waals surface area contributed by atoms with Crippen molar-refractivity contribution in [1.82, 2.24) is 10.6 Å². The molecule has 0 bridgehead atoms. The summed E-state index contributed by atoms with van der Waals surface area (Å²) in [6.45, 7) is 6.46. The van der Waals surface area contributed by atoms with Crippen LogP contribution >= 0.6 is 15.9 Å². The minimum Gasteiger partial charge on any atom is -0.353 e. The van der Waals surface area contributed by atoms with Gasteiger partial charge in [0.15, 0.2) is 0 Å². The first-order valence-corrected chi connectivity index (χ1v) is 7.11. The fraction of sp³-hybridized carbons (Fsp3) is 0.500. The standard InChI is InChI=1S/C14H21BrN2O/c1-4-10(2)17-14(18)9-16-11(3)12-7-5-6-8-13(12)15/h5-8,10-11,16H,4,9H2,1-3H3,(H,17,18)/t10?,11-/m1/s1. The molecule has 0 saturated heterocycles. The van der Waals surface area contributed by atoms with Gasteiger partial charge in [0.2, 0.25) is 5.91 Å². The van der Waals surface area contributed by atoms with Crippen LogP contribution in [0.15, 0.2) is 28.7 Å². The lowest BCUT2D eigenvalue weighted by Gasteiger charge is -2.17. The maximum absolute atomic E-state index is 11.6. The molecule has 0 fully saturated rings. The zero-order chi connectivity index (χ0) is 13.5. The van der Waals surface area contributed by atoms with Gasteiger partial charge in [-0.05, 0) is 31.9 Å². The molecule has 0 aromatic heterocycles. The van der Waals surface area contributed by atoms with Crippen LogP contribution in [0.2, 0.25) is 0 Å². The Labute approximate surface area is 117 Å². The zero-order valence-corrected chi connectivity index (χ0v) is 12.8. The van der Waals surface area contributed by atoms with Crippen molar-refractivity contribution < 1.29 is 4.79 Å². The number of hydrogen-bond acceptors (Lipinski definition) is 2. The monoisotopic (exact) mass is 312 g/mol. The molecule has 0 aliphatic carbocycles. The quantitative estimate of drug-likeness (QED) is 0.847. The third-order valence-corrected chi connectivity index (χ3v) is 3.68. The van der Waals surface area contributed by atoms with Crippen molar-refractivity contribution in [1.29, 1.82) is 0 Å². The molecule has 4 heteroatoms. The maximum Gasteiger partial charge on any atom is 0.234 e. The molecule has 1 aromatic rings. The Morgan fingerprint density at radius 3 is 2.61 bits per heavy atom. The Morgan fingerprint density at radius 1 is 1.33 bits per heavy atom. The Bertz CT molecular complexity index is 395. The summed E-state index contributed by atoms with van der Waals surface area (Å²) in [5, 5.41) is 6.16. The normalized spacial score (nSPS) is 14.0. The minimum absolute atomic E-state index is 0.0447. The van der Waals surface area contributed by atoms with Crippen molar-refractivity contribution in [3.05, 3.63) is 34.3 Å². The average molecular weight is 313 g/mol. The predicted molar refractivity (Wildman–Crippen MR) is 78.5 cm³/mol. The highest BCUT2D eigenvalue weighted by molar-refractivity contribution is 9.10. The summed E-state index contributed by atoms with van der Waals surface area (Å²) in [7, 11) is 0. The van der Waals surface area contributed by atoms with E-state index in [0.29, 0.717) is 6.54 Å². The predicted octanol–water partition coefficient (Wildman–Crippen LogP) is 3.01. The molecular weight excluding hydrogens is 292 g/mol. The van der Waals surface area contributed by atoms with Crippen LogP contribution in [0, 0.1) is 0 Å². The molecule has 0 saturated carbocycles. The first kappa shape index (κ1) is 15.2. The molecule has 1 rings (SSSR count). The number of hydrogen-bond donors (Lipinski definition) is 2. The van der Waals surface area contributed by atoms with Gasteiger partial charge in [-0.1, -0.05) is 41.1 Å². The first-order valence-electron chi connectivity index (χ1n) is 6.31. The zero-order valence-electron chi connectivity index (χ0n) is 11.2. The second kappa shape index (κ2) is 7.54. The highest BCUT2D eigenvalue weighted by Gasteiger charge is 2.11. The lowest BCUT2D eigenvalue weighted by Crippen LogP contribution is -2.39. The molecule has 0 spiro atoms. The minimum atomic E-state index is 0.0447. The Hall–Kier alpha value is -0.870. The van der Waals surface area contributed by atoms with Crippen molar-refractivity contribution in [3.63, 3.8) is 0 Å². The molecule has 0 aliphatic rings. The summed E-state index contributed by atoms with van der Waals surface area (Å²) in [6.07, 6.45) is 0.950. The second-order valence-electron chi connectivity index (χ2n) is 4.50. The van der Waals surface area contributed by atoms with Gasteiger partial charge in [0.25, 0.3) is 0 Å². The van der Waals surface area contributed by atoms with Crippen molar-refractivity contribution in [3.8, 4) is 0 Å². The first-order chi connectivity index (χ1) is 8.54. The number of benzene rings is 1. The van der Waals surface area contributed by atoms with E-state index in [2.05, 4.69) is 40.4 Å². The molecule has 3 nitrogen and oxygen atoms in total. The second-order valence-corrected chi connectivity index (χ2v) is 5.36. The van der Waals surface area contributed by atoms with Crippen LogP contribution in [0.25, 0.3) is 0 Å². The third kappa shape index (κ3) is 4.78. The van der Waals surface area contributed by atoms with Gasteiger partial charge in [-0.25, -0.2) is 0 Å². The topological polar surface area (TPSA) is 41.1 Å². The summed E-state index contributed by atoms with van der Waals surface area (Å²) in [6, 6.07) is 8.41. The SMILES string of the molecule is CCC(C)NC(=O)CN[C@H](C)c1ccccc1Br. The van der Waals surface area contributed by atoms with Crippen LogP contribution in [-0.4, -0.2) is 18.5 Å². The van der Waals surface area contributed by atoms with Crippen molar-refractivity contribution in [2.24, 2.45) is 0 Å². The van der Waals surface area contributed by atoms with Gasteiger partial charge in [-0.15, -0.1) is 0 Å². The van der Waals surface area contributed by atoms with Crippen molar-refractivity contribution >= 4 is 21.8 Å². The molecule has 100 valence electrons. The molecule has 1 amide bonds. The summed E-state index contributed by atoms with van der Waals surface area (Å²) in [4.78, 5) is 11.6. The van der Waals surface area contributed by atoms with E-state index in [1.54, 1.807) is 0 Å². The van der Waals surface area contributed by atoms with E-state index in [4.69, 9.17) is 0 Å². The Kier molecular flexibility index (Phi) is 6.36. The van der Waals surface area contributed by atoms with Crippen LogP contribution in [0.3, 0.4) is 0 Å². The molecule has 18 heavy (non-hydrogen) atoms. The lowest BCUT2D eigenvalue weighted by molar-refractivity contribution is -0.120. The lowest BCUT2D eigenvalue weighted by atomic mass is 10.1. The van der Waals surface area contributed by atoms with E-state index in [1.165, 1.54) is 0 Å². The van der Waals surface area contributed by atoms with Crippen molar-refractivity contribution in [2.75, 3.05) is 6.54 Å². The molecule has 0 heterocycles. The average Bonchev–Trinajstić information content (AvgIpc) is 2.36. The number of nitrogens with one attached hydrogen (secondary N) is 2. The summed E-state index contributed by atoms with van der Waals surface area (Å²) in [5.74, 6) is 0.0447. The summed E-state index contributed by atoms with van der Waals surface area (Å²) >= 11 is 3.51. The highest BCUT2D eigenvalue weighted by atomic mass is 79.9. The van der Waals surface area contributed by atoms with E-state index in [0.717, 1.165) is 16.5 Å². The van der Waals surface area contributed by atoms with Crippen LogP contribution in [0.1, 0.15) is 38.8 Å². The number of carbonyl (C=O) groups is 1. The van der Waals surface area contributed by atoms with Crippen molar-refractivity contribution in [2.45, 2.75) is 39.3 Å². The fourth-order valence-corrected chi connectivity index (χ4v) is 2.24. The van der Waals surface area contributed by atoms with Crippen LogP contribution < -0.4 is 10.6 Å². The Balaban J connectivity index is 2.44. The number of halogens is 1. The highest BCUT2D eigenvalue weighted by Crippen LogP contribution is 2.22. The van der Waals surface area contributed by atoms with Gasteiger partial charge in [0.1, 0.15) is 0 Å². The summed E-state index contributed by atoms with van der Waals surface area (Å²) < 4.78 is 1.06. The van der Waals surface area contributed by atoms with Crippen LogP contribution in [0.4, 0.5) is 0 Å². The maximum atomic E-state index is 11.6. The third-order valence-electron chi connectivity index (χ3n) is 2.96. The summed E-state index contributed by atoms with van der Waals surface area (Å²) in [5.41, 5.74) is 1.16. The largest absolute Gasteiger partial charge is 0.353 e. The smallest absolute Gasteiger partial charge is 0.234 e. The van der Waals surface area contributed by atoms with Gasteiger partial charge in [0.05, 0.1) is 6.54 Å². The van der Waals surface area contributed by atoms with Crippen LogP contribution in [0.5, 0.6) is 0 Å². The van der Waals surface area contributed by atoms with E-state index < -0.39 is 0 Å². The van der Waals surface area contributed by atoms with Gasteiger partial charge >= 0.3 is 0 Å². The van der Waals surface area contributed by atoms with Gasteiger partial charge in [-0.2, -0.15) is 0 Å². The molecule has 0 aliphatic heterocycles. The molecule has 0 radical (unpaired) electrons. The van der Waals surface area contributed by atoms with Crippen LogP contribution in [-0.2, 0) is 4.79 Å². The van der Waals surface area contributed by atoms with Gasteiger partial charge in [0, 0.05) is 16.6 Å². The molecule has 2 N–H and O–H groups in total. The molecule has 2 atom stereocenters. The molecule has 1 unspecified atom stereocenters. The van der Waals surface area contributed by atoms with Gasteiger partial charge < -0.3 is 10.6 Å². The van der Waals surface area contributed by atoms with E-state index in [1.807, 2.05) is 31.2 Å². The Morgan fingerprint density at radius 2 is 2.00 bits per heavy atom. The molecular formula is C14H21BrN2O. The fourth-order valence-electron chi connectivity index (χ4n) is 1.61. The number of rotatable bonds is 6. The number of amides is 1. The van der Waals surface area contributed by atoms with Gasteiger partial charge in [-0.3, -0.25) is 4.79 Å². The van der Waals surface area contributed by atoms with E-state index in [-0.39, 0.29) is 18.0 Å².